The van der Waals surface area contributed by atoms with E-state index in [4.69, 9.17) is 11.6 Å². The molecule has 2 saturated heterocycles. The minimum atomic E-state index is 0.818. The average molecular weight is 293 g/mol. The minimum absolute atomic E-state index is 0.818. The zero-order valence-electron chi connectivity index (χ0n) is 12.2. The second kappa shape index (κ2) is 6.82. The molecule has 0 radical (unpaired) electrons. The highest BCUT2D eigenvalue weighted by Gasteiger charge is 2.19. The molecule has 110 valence electrons. The van der Waals surface area contributed by atoms with Gasteiger partial charge in [-0.05, 0) is 81.3 Å². The molecule has 0 aromatic heterocycles. The first-order valence-electron chi connectivity index (χ1n) is 8.07. The second-order valence-electron chi connectivity index (χ2n) is 6.22. The topological polar surface area (TPSA) is 15.3 Å². The molecule has 1 aromatic carbocycles. The van der Waals surface area contributed by atoms with Gasteiger partial charge in [-0.1, -0.05) is 11.6 Å². The maximum Gasteiger partial charge on any atom is 0.0410 e. The summed E-state index contributed by atoms with van der Waals surface area (Å²) in [5, 5.41) is 4.34. The van der Waals surface area contributed by atoms with Crippen molar-refractivity contribution in [1.29, 1.82) is 0 Å². The van der Waals surface area contributed by atoms with Gasteiger partial charge < -0.3 is 10.2 Å². The highest BCUT2D eigenvalue weighted by atomic mass is 35.5. The zero-order valence-corrected chi connectivity index (χ0v) is 13.0. The molecule has 0 amide bonds. The van der Waals surface area contributed by atoms with Gasteiger partial charge in [0.25, 0.3) is 0 Å². The van der Waals surface area contributed by atoms with Crippen LogP contribution in [-0.4, -0.2) is 26.2 Å². The van der Waals surface area contributed by atoms with E-state index >= 15 is 0 Å². The first-order valence-corrected chi connectivity index (χ1v) is 8.45. The molecule has 1 aromatic rings. The number of halogens is 1. The molecule has 3 heteroatoms. The minimum Gasteiger partial charge on any atom is -0.371 e. The molecule has 0 unspecified atom stereocenters. The first kappa shape index (κ1) is 14.2. The fourth-order valence-corrected chi connectivity index (χ4v) is 3.75. The standard InChI is InChI=1S/C17H25ClN2/c18-16-4-5-17(20-10-2-1-3-11-20)15(13-16)12-14-6-8-19-9-7-14/h4-5,13-14,19H,1-3,6-12H2. The summed E-state index contributed by atoms with van der Waals surface area (Å²) in [6.45, 7) is 4.76. The van der Waals surface area contributed by atoms with Gasteiger partial charge in [0.2, 0.25) is 0 Å². The number of rotatable bonds is 3. The van der Waals surface area contributed by atoms with Gasteiger partial charge in [-0.25, -0.2) is 0 Å². The maximum absolute atomic E-state index is 6.24. The van der Waals surface area contributed by atoms with Crippen LogP contribution in [0.25, 0.3) is 0 Å². The Morgan fingerprint density at radius 1 is 1.10 bits per heavy atom. The number of nitrogens with one attached hydrogen (secondary N) is 1. The van der Waals surface area contributed by atoms with Crippen LogP contribution in [0, 0.1) is 5.92 Å². The van der Waals surface area contributed by atoms with E-state index in [0.717, 1.165) is 10.9 Å². The second-order valence-corrected chi connectivity index (χ2v) is 6.65. The first-order chi connectivity index (χ1) is 9.83. The third-order valence-electron chi connectivity index (χ3n) is 4.71. The van der Waals surface area contributed by atoms with Gasteiger partial charge >= 0.3 is 0 Å². The molecular formula is C17H25ClN2. The quantitative estimate of drug-likeness (QED) is 0.910. The molecule has 20 heavy (non-hydrogen) atoms. The van der Waals surface area contributed by atoms with Gasteiger partial charge in [-0.3, -0.25) is 0 Å². The van der Waals surface area contributed by atoms with Crippen LogP contribution >= 0.6 is 11.6 Å². The number of piperidine rings is 2. The molecule has 0 spiro atoms. The van der Waals surface area contributed by atoms with E-state index in [-0.39, 0.29) is 0 Å². The van der Waals surface area contributed by atoms with E-state index in [1.807, 2.05) is 0 Å². The molecule has 0 bridgehead atoms. The lowest BCUT2D eigenvalue weighted by Crippen LogP contribution is -2.31. The molecule has 2 aliphatic rings. The number of hydrogen-bond acceptors (Lipinski definition) is 2. The lowest BCUT2D eigenvalue weighted by Gasteiger charge is -2.32. The lowest BCUT2D eigenvalue weighted by molar-refractivity contribution is 0.372. The van der Waals surface area contributed by atoms with E-state index < -0.39 is 0 Å². The molecular weight excluding hydrogens is 268 g/mol. The van der Waals surface area contributed by atoms with E-state index in [0.29, 0.717) is 0 Å². The Morgan fingerprint density at radius 3 is 2.60 bits per heavy atom. The average Bonchev–Trinajstić information content (AvgIpc) is 2.49. The van der Waals surface area contributed by atoms with Gasteiger partial charge in [0.15, 0.2) is 0 Å². The van der Waals surface area contributed by atoms with Crippen molar-refractivity contribution in [1.82, 2.24) is 5.32 Å². The normalized spacial score (nSPS) is 21.1. The fourth-order valence-electron chi connectivity index (χ4n) is 3.56. The van der Waals surface area contributed by atoms with Crippen molar-refractivity contribution in [3.05, 3.63) is 28.8 Å². The number of anilines is 1. The summed E-state index contributed by atoms with van der Waals surface area (Å²) in [5.74, 6) is 0.818. The van der Waals surface area contributed by atoms with Crippen LogP contribution < -0.4 is 10.2 Å². The van der Waals surface area contributed by atoms with Crippen LogP contribution in [0.3, 0.4) is 0 Å². The molecule has 2 fully saturated rings. The van der Waals surface area contributed by atoms with E-state index in [9.17, 15) is 0 Å². The lowest BCUT2D eigenvalue weighted by atomic mass is 9.90. The summed E-state index contributed by atoms with van der Waals surface area (Å²) in [6.07, 6.45) is 7.82. The highest BCUT2D eigenvalue weighted by molar-refractivity contribution is 6.30. The molecule has 2 aliphatic heterocycles. The Morgan fingerprint density at radius 2 is 1.85 bits per heavy atom. The fraction of sp³-hybridized carbons (Fsp3) is 0.647. The van der Waals surface area contributed by atoms with Crippen LogP contribution in [0.15, 0.2) is 18.2 Å². The SMILES string of the molecule is Clc1ccc(N2CCCCC2)c(CC2CCNCC2)c1. The summed E-state index contributed by atoms with van der Waals surface area (Å²) in [6, 6.07) is 6.50. The molecule has 2 heterocycles. The van der Waals surface area contributed by atoms with E-state index in [1.54, 1.807) is 0 Å². The van der Waals surface area contributed by atoms with Crippen molar-refractivity contribution in [2.75, 3.05) is 31.1 Å². The Kier molecular flexibility index (Phi) is 4.85. The van der Waals surface area contributed by atoms with Crippen molar-refractivity contribution in [2.24, 2.45) is 5.92 Å². The van der Waals surface area contributed by atoms with Gasteiger partial charge in [0.05, 0.1) is 0 Å². The summed E-state index contributed by atoms with van der Waals surface area (Å²) >= 11 is 6.24. The van der Waals surface area contributed by atoms with Gasteiger partial charge in [-0.15, -0.1) is 0 Å². The van der Waals surface area contributed by atoms with E-state index in [2.05, 4.69) is 28.4 Å². The molecule has 3 rings (SSSR count). The Hall–Kier alpha value is -0.730. The third-order valence-corrected chi connectivity index (χ3v) is 4.94. The van der Waals surface area contributed by atoms with Crippen molar-refractivity contribution >= 4 is 17.3 Å². The summed E-state index contributed by atoms with van der Waals surface area (Å²) in [7, 11) is 0. The van der Waals surface area contributed by atoms with Crippen LogP contribution in [0.1, 0.15) is 37.7 Å². The number of benzene rings is 1. The Balaban J connectivity index is 1.77. The van der Waals surface area contributed by atoms with E-state index in [1.165, 1.54) is 76.0 Å². The number of hydrogen-bond donors (Lipinski definition) is 1. The summed E-state index contributed by atoms with van der Waals surface area (Å²) < 4.78 is 0. The Labute approximate surface area is 127 Å². The van der Waals surface area contributed by atoms with Gasteiger partial charge in [0.1, 0.15) is 0 Å². The van der Waals surface area contributed by atoms with Crippen molar-refractivity contribution < 1.29 is 0 Å². The largest absolute Gasteiger partial charge is 0.371 e. The van der Waals surface area contributed by atoms with Crippen LogP contribution in [0.2, 0.25) is 5.02 Å². The molecule has 0 aliphatic carbocycles. The molecule has 0 saturated carbocycles. The van der Waals surface area contributed by atoms with Crippen LogP contribution in [0.5, 0.6) is 0 Å². The number of nitrogens with zero attached hydrogens (tertiary/aromatic N) is 1. The maximum atomic E-state index is 6.24. The van der Waals surface area contributed by atoms with Crippen molar-refractivity contribution in [3.8, 4) is 0 Å². The van der Waals surface area contributed by atoms with Crippen molar-refractivity contribution in [3.63, 3.8) is 0 Å². The van der Waals surface area contributed by atoms with Gasteiger partial charge in [0, 0.05) is 23.8 Å². The third kappa shape index (κ3) is 3.48. The van der Waals surface area contributed by atoms with Gasteiger partial charge in [-0.2, -0.15) is 0 Å². The zero-order chi connectivity index (χ0) is 13.8. The van der Waals surface area contributed by atoms with Crippen LogP contribution in [0.4, 0.5) is 5.69 Å². The van der Waals surface area contributed by atoms with Crippen LogP contribution in [-0.2, 0) is 6.42 Å². The molecule has 2 nitrogen and oxygen atoms in total. The molecule has 0 atom stereocenters. The smallest absolute Gasteiger partial charge is 0.0410 e. The molecule has 1 N–H and O–H groups in total. The predicted octanol–water partition coefficient (Wildman–Crippen LogP) is 3.87. The van der Waals surface area contributed by atoms with Crippen molar-refractivity contribution in [2.45, 2.75) is 38.5 Å². The summed E-state index contributed by atoms with van der Waals surface area (Å²) in [5.41, 5.74) is 2.90. The Bertz CT molecular complexity index is 435. The highest BCUT2D eigenvalue weighted by Crippen LogP contribution is 2.30. The monoisotopic (exact) mass is 292 g/mol. The summed E-state index contributed by atoms with van der Waals surface area (Å²) in [4.78, 5) is 2.57. The predicted molar refractivity (Wildman–Crippen MR) is 86.8 cm³/mol.